The van der Waals surface area contributed by atoms with Crippen molar-refractivity contribution in [1.82, 2.24) is 4.90 Å². The van der Waals surface area contributed by atoms with Gasteiger partial charge >= 0.3 is 0 Å². The van der Waals surface area contributed by atoms with E-state index in [9.17, 15) is 0 Å². The minimum Gasteiger partial charge on any atom is -0.394 e. The van der Waals surface area contributed by atoms with Crippen molar-refractivity contribution in [2.75, 3.05) is 26.3 Å². The summed E-state index contributed by atoms with van der Waals surface area (Å²) in [6.07, 6.45) is 3.33. The summed E-state index contributed by atoms with van der Waals surface area (Å²) >= 11 is 1.80. The molecule has 0 aromatic carbocycles. The van der Waals surface area contributed by atoms with Crippen molar-refractivity contribution in [3.8, 4) is 0 Å². The maximum Gasteiger partial charge on any atom is 0.0701 e. The number of hydrogen-bond donors (Lipinski definition) is 2. The van der Waals surface area contributed by atoms with Gasteiger partial charge < -0.3 is 15.6 Å². The lowest BCUT2D eigenvalue weighted by Crippen LogP contribution is -2.45. The van der Waals surface area contributed by atoms with E-state index in [0.717, 1.165) is 32.4 Å². The minimum atomic E-state index is 0.110. The number of likely N-dealkylation sites (tertiary alicyclic amines) is 1. The van der Waals surface area contributed by atoms with Gasteiger partial charge in [-0.1, -0.05) is 13.0 Å². The lowest BCUT2D eigenvalue weighted by Gasteiger charge is -2.39. The number of hydrogen-bond acceptors (Lipinski definition) is 5. The lowest BCUT2D eigenvalue weighted by molar-refractivity contribution is -0.0175. The van der Waals surface area contributed by atoms with E-state index in [0.29, 0.717) is 18.8 Å². The summed E-state index contributed by atoms with van der Waals surface area (Å²) < 4.78 is 5.63. The van der Waals surface area contributed by atoms with Gasteiger partial charge in [0.2, 0.25) is 0 Å². The van der Waals surface area contributed by atoms with Gasteiger partial charge in [-0.3, -0.25) is 4.90 Å². The molecule has 1 aliphatic rings. The minimum absolute atomic E-state index is 0.110. The van der Waals surface area contributed by atoms with Crippen LogP contribution in [-0.2, 0) is 4.74 Å². The first kappa shape index (κ1) is 15.9. The number of nitrogens with two attached hydrogens (primary N) is 1. The van der Waals surface area contributed by atoms with E-state index in [2.05, 4.69) is 29.3 Å². The molecule has 3 N–H and O–H groups in total. The van der Waals surface area contributed by atoms with Crippen molar-refractivity contribution in [3.05, 3.63) is 22.4 Å². The fourth-order valence-electron chi connectivity index (χ4n) is 2.88. The average molecular weight is 298 g/mol. The molecule has 1 aromatic heterocycles. The molecule has 2 atom stereocenters. The second-order valence-corrected chi connectivity index (χ2v) is 6.34. The third-order valence-corrected chi connectivity index (χ3v) is 4.97. The van der Waals surface area contributed by atoms with Crippen LogP contribution in [0.4, 0.5) is 0 Å². The molecule has 2 heterocycles. The highest BCUT2D eigenvalue weighted by Gasteiger charge is 2.30. The summed E-state index contributed by atoms with van der Waals surface area (Å²) in [5.41, 5.74) is 6.35. The monoisotopic (exact) mass is 298 g/mol. The van der Waals surface area contributed by atoms with Crippen molar-refractivity contribution in [1.29, 1.82) is 0 Å². The molecule has 1 aliphatic heterocycles. The zero-order valence-corrected chi connectivity index (χ0v) is 13.0. The molecule has 4 nitrogen and oxygen atoms in total. The van der Waals surface area contributed by atoms with E-state index >= 15 is 0 Å². The van der Waals surface area contributed by atoms with E-state index in [1.54, 1.807) is 11.3 Å². The van der Waals surface area contributed by atoms with Gasteiger partial charge in [0.05, 0.1) is 25.4 Å². The van der Waals surface area contributed by atoms with Crippen LogP contribution in [0.15, 0.2) is 17.5 Å². The predicted molar refractivity (Wildman–Crippen MR) is 83.0 cm³/mol. The van der Waals surface area contributed by atoms with Gasteiger partial charge in [0.1, 0.15) is 0 Å². The molecule has 0 bridgehead atoms. The van der Waals surface area contributed by atoms with Crippen LogP contribution in [0.25, 0.3) is 0 Å². The van der Waals surface area contributed by atoms with Gasteiger partial charge in [0.15, 0.2) is 0 Å². The molecule has 0 aliphatic carbocycles. The lowest BCUT2D eigenvalue weighted by atomic mass is 9.98. The zero-order chi connectivity index (χ0) is 14.4. The molecule has 2 unspecified atom stereocenters. The Hall–Kier alpha value is -0.460. The fraction of sp³-hybridized carbons (Fsp3) is 0.733. The van der Waals surface area contributed by atoms with E-state index in [-0.39, 0.29) is 12.6 Å². The normalized spacial score (nSPS) is 20.9. The Morgan fingerprint density at radius 3 is 2.80 bits per heavy atom. The predicted octanol–water partition coefficient (Wildman–Crippen LogP) is 2.00. The third kappa shape index (κ3) is 4.02. The highest BCUT2D eigenvalue weighted by Crippen LogP contribution is 2.31. The molecule has 0 amide bonds. The first-order valence-corrected chi connectivity index (χ1v) is 8.39. The standard InChI is InChI=1S/C15H26N2O2S/c1-2-13(16)15(14-4-3-11-20-14)17-7-5-12(6-8-17)19-10-9-18/h3-4,11-13,15,18H,2,5-10,16H2,1H3. The van der Waals surface area contributed by atoms with Crippen molar-refractivity contribution >= 4 is 11.3 Å². The number of aliphatic hydroxyl groups is 1. The number of aliphatic hydroxyl groups excluding tert-OH is 1. The maximum absolute atomic E-state index is 8.82. The van der Waals surface area contributed by atoms with Gasteiger partial charge in [0.25, 0.3) is 0 Å². The third-order valence-electron chi connectivity index (χ3n) is 4.03. The molecule has 0 spiro atoms. The molecule has 1 saturated heterocycles. The van der Waals surface area contributed by atoms with Gasteiger partial charge in [-0.15, -0.1) is 11.3 Å². The van der Waals surface area contributed by atoms with Gasteiger partial charge in [-0.2, -0.15) is 0 Å². The molecule has 20 heavy (non-hydrogen) atoms. The summed E-state index contributed by atoms with van der Waals surface area (Å²) in [6.45, 7) is 4.76. The molecule has 0 radical (unpaired) electrons. The smallest absolute Gasteiger partial charge is 0.0701 e. The largest absolute Gasteiger partial charge is 0.394 e. The van der Waals surface area contributed by atoms with Crippen molar-refractivity contribution in [2.24, 2.45) is 5.73 Å². The summed E-state index contributed by atoms with van der Waals surface area (Å²) in [7, 11) is 0. The topological polar surface area (TPSA) is 58.7 Å². The quantitative estimate of drug-likeness (QED) is 0.808. The number of rotatable bonds is 7. The van der Waals surface area contributed by atoms with Gasteiger partial charge in [0, 0.05) is 24.0 Å². The second kappa shape index (κ2) is 8.10. The number of thiophene rings is 1. The number of nitrogens with zero attached hydrogens (tertiary/aromatic N) is 1. The Morgan fingerprint density at radius 1 is 1.50 bits per heavy atom. The van der Waals surface area contributed by atoms with Gasteiger partial charge in [-0.25, -0.2) is 0 Å². The number of ether oxygens (including phenoxy) is 1. The van der Waals surface area contributed by atoms with Crippen LogP contribution >= 0.6 is 11.3 Å². The number of piperidine rings is 1. The second-order valence-electron chi connectivity index (χ2n) is 5.36. The van der Waals surface area contributed by atoms with Crippen LogP contribution in [0.1, 0.15) is 37.1 Å². The Balaban J connectivity index is 1.95. The molecular formula is C15H26N2O2S. The zero-order valence-electron chi connectivity index (χ0n) is 12.2. The van der Waals surface area contributed by atoms with E-state index in [4.69, 9.17) is 15.6 Å². The summed E-state index contributed by atoms with van der Waals surface area (Å²) in [5.74, 6) is 0. The highest BCUT2D eigenvalue weighted by atomic mass is 32.1. The summed E-state index contributed by atoms with van der Waals surface area (Å²) in [5, 5.41) is 10.9. The molecule has 0 saturated carbocycles. The highest BCUT2D eigenvalue weighted by molar-refractivity contribution is 7.10. The Kier molecular flexibility index (Phi) is 6.45. The van der Waals surface area contributed by atoms with Crippen LogP contribution in [0.3, 0.4) is 0 Å². The SMILES string of the molecule is CCC(N)C(c1cccs1)N1CCC(OCCO)CC1. The van der Waals surface area contributed by atoms with Crippen molar-refractivity contribution in [3.63, 3.8) is 0 Å². The molecule has 5 heteroatoms. The first-order chi connectivity index (χ1) is 9.76. The Morgan fingerprint density at radius 2 is 2.25 bits per heavy atom. The van der Waals surface area contributed by atoms with Crippen LogP contribution < -0.4 is 5.73 Å². The molecule has 1 aromatic rings. The van der Waals surface area contributed by atoms with E-state index < -0.39 is 0 Å². The van der Waals surface area contributed by atoms with Gasteiger partial charge in [-0.05, 0) is 30.7 Å². The Bertz CT molecular complexity index is 364. The molecule has 114 valence electrons. The van der Waals surface area contributed by atoms with Crippen LogP contribution in [0, 0.1) is 0 Å². The van der Waals surface area contributed by atoms with Crippen molar-refractivity contribution < 1.29 is 9.84 Å². The maximum atomic E-state index is 8.82. The summed E-state index contributed by atoms with van der Waals surface area (Å²) in [6, 6.07) is 4.81. The molecule has 1 fully saturated rings. The summed E-state index contributed by atoms with van der Waals surface area (Å²) in [4.78, 5) is 3.87. The van der Waals surface area contributed by atoms with Crippen LogP contribution in [0.2, 0.25) is 0 Å². The molecule has 2 rings (SSSR count). The van der Waals surface area contributed by atoms with E-state index in [1.807, 2.05) is 0 Å². The Labute approximate surface area is 125 Å². The molecular weight excluding hydrogens is 272 g/mol. The first-order valence-electron chi connectivity index (χ1n) is 7.51. The van der Waals surface area contributed by atoms with Crippen LogP contribution in [-0.4, -0.2) is 48.5 Å². The average Bonchev–Trinajstić information content (AvgIpc) is 3.00. The van der Waals surface area contributed by atoms with Crippen molar-refractivity contribution in [2.45, 2.75) is 44.4 Å². The fourth-order valence-corrected chi connectivity index (χ4v) is 3.82. The van der Waals surface area contributed by atoms with Crippen LogP contribution in [0.5, 0.6) is 0 Å². The van der Waals surface area contributed by atoms with E-state index in [1.165, 1.54) is 4.88 Å².